The molecular formula is C53H56Cl4N6O3. The molecule has 4 fully saturated rings. The highest BCUT2D eigenvalue weighted by molar-refractivity contribution is 6.31. The van der Waals surface area contributed by atoms with E-state index in [2.05, 4.69) is 103 Å². The molecule has 0 saturated carbocycles. The minimum atomic E-state index is -0.997. The molecule has 2 aromatic heterocycles. The SMILES string of the molecule is Cc1c(CN2CCN(C3(C(=O)C4(N5CCN(Cc6cc(-c7ccc(Cl)cc7)n(-c7ccc(Cl)cc7)c6C)CC5)CCCO4)CCCO3)CC2)cc(-c2ccc(Cl)cc2)n1-c1ccc(Cl)cc1. The van der Waals surface area contributed by atoms with Crippen molar-refractivity contribution in [2.45, 2.75) is 64.1 Å². The number of hydrogen-bond donors (Lipinski definition) is 0. The Labute approximate surface area is 408 Å². The van der Waals surface area contributed by atoms with E-state index in [0.717, 1.165) is 112 Å². The number of carbonyl (C=O) groups excluding carboxylic acids is 1. The summed E-state index contributed by atoms with van der Waals surface area (Å²) in [5.74, 6) is 0.0962. The summed E-state index contributed by atoms with van der Waals surface area (Å²) >= 11 is 25.2. The standard InChI is InChI=1S/C53H56Cl4N6O3/c1-37-41(33-49(39-5-9-43(54)10-6-39)62(37)47-17-13-45(56)14-18-47)35-58-23-27-60(28-24-58)52(21-3-31-65-52)51(64)53(22-4-32-66-53)61-29-25-59(26-30-61)36-42-34-50(40-7-11-44(55)12-8-40)63(38(42)2)48-19-15-46(57)16-20-48/h5-20,33-34H,3-4,21-32,35-36H2,1-2H3. The van der Waals surface area contributed by atoms with Gasteiger partial charge in [0.15, 0.2) is 11.4 Å². The first-order chi connectivity index (χ1) is 32.0. The fraction of sp³-hybridized carbons (Fsp3) is 0.377. The summed E-state index contributed by atoms with van der Waals surface area (Å²) in [6.45, 7) is 13.4. The maximum absolute atomic E-state index is 15.4. The topological polar surface area (TPSA) is 58.4 Å². The number of aromatic nitrogens is 2. The highest BCUT2D eigenvalue weighted by atomic mass is 35.5. The molecule has 4 aliphatic rings. The molecule has 0 radical (unpaired) electrons. The summed E-state index contributed by atoms with van der Waals surface area (Å²) in [4.78, 5) is 25.1. The van der Waals surface area contributed by atoms with Crippen molar-refractivity contribution >= 4 is 52.2 Å². The van der Waals surface area contributed by atoms with Crippen molar-refractivity contribution < 1.29 is 14.3 Å². The Bertz CT molecular complexity index is 2470. The zero-order valence-electron chi connectivity index (χ0n) is 37.6. The number of halogens is 4. The van der Waals surface area contributed by atoms with Crippen LogP contribution < -0.4 is 0 Å². The van der Waals surface area contributed by atoms with Gasteiger partial charge in [-0.3, -0.25) is 24.4 Å². The number of ketones is 1. The van der Waals surface area contributed by atoms with Gasteiger partial charge in [0, 0.05) is 122 Å². The van der Waals surface area contributed by atoms with Crippen LogP contribution in [0.15, 0.2) is 109 Å². The van der Waals surface area contributed by atoms with Gasteiger partial charge in [0.2, 0.25) is 5.78 Å². The van der Waals surface area contributed by atoms with Gasteiger partial charge in [-0.2, -0.15) is 0 Å². The first-order valence-electron chi connectivity index (χ1n) is 23.3. The van der Waals surface area contributed by atoms with Crippen LogP contribution in [0.25, 0.3) is 33.9 Å². The van der Waals surface area contributed by atoms with Crippen molar-refractivity contribution in [3.8, 4) is 33.9 Å². The number of carbonyl (C=O) groups is 1. The Morgan fingerprint density at radius 2 is 0.833 bits per heavy atom. The molecule has 0 N–H and O–H groups in total. The normalized spacial score (nSPS) is 22.4. The molecule has 4 aliphatic heterocycles. The van der Waals surface area contributed by atoms with E-state index < -0.39 is 11.4 Å². The Kier molecular flexibility index (Phi) is 13.3. The fourth-order valence-corrected chi connectivity index (χ4v) is 11.4. The van der Waals surface area contributed by atoms with Crippen molar-refractivity contribution in [1.82, 2.24) is 28.7 Å². The first-order valence-corrected chi connectivity index (χ1v) is 24.8. The number of piperazine rings is 2. The van der Waals surface area contributed by atoms with Gasteiger partial charge in [0.1, 0.15) is 0 Å². The van der Waals surface area contributed by atoms with Crippen molar-refractivity contribution in [1.29, 1.82) is 0 Å². The Hall–Kier alpha value is -3.97. The summed E-state index contributed by atoms with van der Waals surface area (Å²) in [7, 11) is 0. The lowest BCUT2D eigenvalue weighted by atomic mass is 9.89. The van der Waals surface area contributed by atoms with Crippen molar-refractivity contribution in [3.63, 3.8) is 0 Å². The molecule has 9 nitrogen and oxygen atoms in total. The summed E-state index contributed by atoms with van der Waals surface area (Å²) in [6.07, 6.45) is 3.08. The highest BCUT2D eigenvalue weighted by Crippen LogP contribution is 2.43. The molecule has 0 amide bonds. The molecule has 0 aliphatic carbocycles. The molecule has 4 aromatic carbocycles. The molecule has 13 heteroatoms. The highest BCUT2D eigenvalue weighted by Gasteiger charge is 2.60. The fourth-order valence-electron chi connectivity index (χ4n) is 10.9. The lowest BCUT2D eigenvalue weighted by Gasteiger charge is -2.50. The molecule has 0 spiro atoms. The predicted octanol–water partition coefficient (Wildman–Crippen LogP) is 11.4. The second-order valence-corrected chi connectivity index (χ2v) is 20.0. The van der Waals surface area contributed by atoms with Gasteiger partial charge in [0.05, 0.1) is 11.4 Å². The third-order valence-corrected chi connectivity index (χ3v) is 15.4. The van der Waals surface area contributed by atoms with Crippen LogP contribution >= 0.6 is 46.4 Å². The van der Waals surface area contributed by atoms with Crippen LogP contribution in [0.2, 0.25) is 20.1 Å². The van der Waals surface area contributed by atoms with Crippen molar-refractivity contribution in [3.05, 3.63) is 152 Å². The van der Waals surface area contributed by atoms with Gasteiger partial charge in [-0.05, 0) is 147 Å². The molecule has 344 valence electrons. The van der Waals surface area contributed by atoms with E-state index in [1.54, 1.807) is 0 Å². The molecular weight excluding hydrogens is 910 g/mol. The number of nitrogens with zero attached hydrogens (tertiary/aromatic N) is 6. The molecule has 6 aromatic rings. The average molecular weight is 967 g/mol. The number of hydrogen-bond acceptors (Lipinski definition) is 7. The quantitative estimate of drug-likeness (QED) is 0.121. The zero-order chi connectivity index (χ0) is 45.6. The number of ether oxygens (including phenoxy) is 2. The third kappa shape index (κ3) is 8.82. The summed E-state index contributed by atoms with van der Waals surface area (Å²) in [5, 5.41) is 2.84. The van der Waals surface area contributed by atoms with E-state index in [4.69, 9.17) is 55.9 Å². The maximum Gasteiger partial charge on any atom is 0.226 e. The molecule has 0 bridgehead atoms. The zero-order valence-corrected chi connectivity index (χ0v) is 40.6. The maximum atomic E-state index is 15.4. The van der Waals surface area contributed by atoms with Crippen LogP contribution in [-0.2, 0) is 27.4 Å². The molecule has 6 heterocycles. The lowest BCUT2D eigenvalue weighted by molar-refractivity contribution is -0.210. The van der Waals surface area contributed by atoms with E-state index in [9.17, 15) is 0 Å². The van der Waals surface area contributed by atoms with Crippen molar-refractivity contribution in [2.24, 2.45) is 0 Å². The minimum Gasteiger partial charge on any atom is -0.353 e. The molecule has 2 unspecified atom stereocenters. The lowest BCUT2D eigenvalue weighted by Crippen LogP contribution is -2.70. The van der Waals surface area contributed by atoms with Gasteiger partial charge in [-0.25, -0.2) is 0 Å². The van der Waals surface area contributed by atoms with Crippen LogP contribution in [0.3, 0.4) is 0 Å². The molecule has 10 rings (SSSR count). The van der Waals surface area contributed by atoms with Crippen LogP contribution in [0.5, 0.6) is 0 Å². The van der Waals surface area contributed by atoms with E-state index in [0.29, 0.717) is 46.1 Å². The Morgan fingerprint density at radius 3 is 1.15 bits per heavy atom. The number of Topliss-reactive ketones (excluding diaryl/α,β-unsaturated/α-hetero) is 1. The third-order valence-electron chi connectivity index (χ3n) is 14.4. The van der Waals surface area contributed by atoms with Crippen LogP contribution in [0.1, 0.15) is 48.2 Å². The second kappa shape index (κ2) is 19.2. The van der Waals surface area contributed by atoms with Gasteiger partial charge in [0.25, 0.3) is 0 Å². The van der Waals surface area contributed by atoms with Gasteiger partial charge >= 0.3 is 0 Å². The first kappa shape index (κ1) is 45.8. The van der Waals surface area contributed by atoms with Crippen LogP contribution in [0.4, 0.5) is 0 Å². The van der Waals surface area contributed by atoms with Crippen LogP contribution in [-0.4, -0.2) is 112 Å². The second-order valence-electron chi connectivity index (χ2n) is 18.2. The summed E-state index contributed by atoms with van der Waals surface area (Å²) < 4.78 is 18.0. The number of benzene rings is 4. The summed E-state index contributed by atoms with van der Waals surface area (Å²) in [5.41, 5.74) is 9.44. The van der Waals surface area contributed by atoms with Crippen molar-refractivity contribution in [2.75, 3.05) is 65.6 Å². The van der Waals surface area contributed by atoms with Gasteiger partial charge < -0.3 is 18.6 Å². The predicted molar refractivity (Wildman–Crippen MR) is 266 cm³/mol. The van der Waals surface area contributed by atoms with E-state index >= 15 is 4.79 Å². The van der Waals surface area contributed by atoms with Gasteiger partial charge in [-0.15, -0.1) is 0 Å². The summed E-state index contributed by atoms with van der Waals surface area (Å²) in [6, 6.07) is 36.7. The minimum absolute atomic E-state index is 0.0962. The Balaban J connectivity index is 0.833. The average Bonchev–Trinajstić information content (AvgIpc) is 4.16. The number of rotatable bonds is 12. The smallest absolute Gasteiger partial charge is 0.226 e. The van der Waals surface area contributed by atoms with E-state index in [-0.39, 0.29) is 5.78 Å². The molecule has 4 saturated heterocycles. The Morgan fingerprint density at radius 1 is 0.500 bits per heavy atom. The van der Waals surface area contributed by atoms with E-state index in [1.165, 1.54) is 22.5 Å². The molecule has 66 heavy (non-hydrogen) atoms. The molecule has 2 atom stereocenters. The van der Waals surface area contributed by atoms with Crippen LogP contribution in [0, 0.1) is 13.8 Å². The largest absolute Gasteiger partial charge is 0.353 e. The van der Waals surface area contributed by atoms with E-state index in [1.807, 2.05) is 48.5 Å². The van der Waals surface area contributed by atoms with Gasteiger partial charge in [-0.1, -0.05) is 70.7 Å². The monoisotopic (exact) mass is 964 g/mol.